The Morgan fingerprint density at radius 2 is 0.900 bits per heavy atom. The van der Waals surface area contributed by atoms with Gasteiger partial charge in [0.25, 0.3) is 0 Å². The Balaban J connectivity index is 1.22. The fraction of sp³-hybridized carbons (Fsp3) is 0.0294. The van der Waals surface area contributed by atoms with Gasteiger partial charge in [-0.25, -0.2) is 15.0 Å². The van der Waals surface area contributed by atoms with Crippen LogP contribution in [-0.4, -0.2) is 15.0 Å². The molecule has 2 heterocycles. The zero-order valence-corrected chi connectivity index (χ0v) is 23.1. The first-order valence-corrected chi connectivity index (χ1v) is 13.7. The SMILES string of the molecule is Cc1cc2c(cc1Br)Oc1ccc(-c3ccc(-c4nc(-c5ccccc5)nc(-c5ccccc5)n4)cc3)cc1O2. The predicted molar refractivity (Wildman–Crippen MR) is 161 cm³/mol. The second kappa shape index (κ2) is 10.1. The Labute approximate surface area is 240 Å². The van der Waals surface area contributed by atoms with Gasteiger partial charge in [0, 0.05) is 21.2 Å². The molecule has 0 bridgehead atoms. The Bertz CT molecular complexity index is 1800. The highest BCUT2D eigenvalue weighted by atomic mass is 79.9. The molecule has 5 nitrogen and oxygen atoms in total. The summed E-state index contributed by atoms with van der Waals surface area (Å²) in [5.41, 5.74) is 5.96. The molecule has 192 valence electrons. The van der Waals surface area contributed by atoms with Crippen LogP contribution in [0.3, 0.4) is 0 Å². The molecular formula is C34H22BrN3O2. The molecule has 0 N–H and O–H groups in total. The molecule has 1 aromatic heterocycles. The zero-order chi connectivity index (χ0) is 27.1. The van der Waals surface area contributed by atoms with Crippen molar-refractivity contribution in [3.63, 3.8) is 0 Å². The molecule has 5 aromatic carbocycles. The Hall–Kier alpha value is -4.81. The third-order valence-electron chi connectivity index (χ3n) is 6.78. The Morgan fingerprint density at radius 1 is 0.450 bits per heavy atom. The van der Waals surface area contributed by atoms with Gasteiger partial charge in [0.15, 0.2) is 40.5 Å². The lowest BCUT2D eigenvalue weighted by molar-refractivity contribution is 0.359. The van der Waals surface area contributed by atoms with Crippen LogP contribution in [0, 0.1) is 6.92 Å². The highest BCUT2D eigenvalue weighted by Gasteiger charge is 2.21. The van der Waals surface area contributed by atoms with E-state index in [0.29, 0.717) is 40.5 Å². The maximum Gasteiger partial charge on any atom is 0.171 e. The van der Waals surface area contributed by atoms with E-state index >= 15 is 0 Å². The highest BCUT2D eigenvalue weighted by Crippen LogP contribution is 2.48. The summed E-state index contributed by atoms with van der Waals surface area (Å²) >= 11 is 3.56. The molecule has 0 amide bonds. The molecule has 6 heteroatoms. The average Bonchev–Trinajstić information content (AvgIpc) is 3.01. The lowest BCUT2D eigenvalue weighted by Gasteiger charge is -2.22. The number of hydrogen-bond acceptors (Lipinski definition) is 5. The number of ether oxygens (including phenoxy) is 2. The van der Waals surface area contributed by atoms with Crippen LogP contribution >= 0.6 is 15.9 Å². The van der Waals surface area contributed by atoms with Gasteiger partial charge >= 0.3 is 0 Å². The third kappa shape index (κ3) is 4.63. The fourth-order valence-electron chi connectivity index (χ4n) is 4.63. The molecule has 1 aliphatic rings. The molecule has 1 aliphatic heterocycles. The summed E-state index contributed by atoms with van der Waals surface area (Å²) in [5.74, 6) is 4.69. The number of aromatic nitrogens is 3. The molecule has 0 saturated carbocycles. The minimum Gasteiger partial charge on any atom is -0.449 e. The lowest BCUT2D eigenvalue weighted by atomic mass is 10.0. The molecule has 40 heavy (non-hydrogen) atoms. The first kappa shape index (κ1) is 24.2. The van der Waals surface area contributed by atoms with Crippen LogP contribution in [0.2, 0.25) is 0 Å². The summed E-state index contributed by atoms with van der Waals surface area (Å²) in [6, 6.07) is 38.1. The van der Waals surface area contributed by atoms with Crippen molar-refractivity contribution in [2.24, 2.45) is 0 Å². The number of aryl methyl sites for hydroxylation is 1. The molecular weight excluding hydrogens is 562 g/mol. The van der Waals surface area contributed by atoms with Crippen LogP contribution < -0.4 is 9.47 Å². The van der Waals surface area contributed by atoms with Gasteiger partial charge in [0.1, 0.15) is 0 Å². The maximum absolute atomic E-state index is 6.21. The summed E-state index contributed by atoms with van der Waals surface area (Å²) in [5, 5.41) is 0. The van der Waals surface area contributed by atoms with Gasteiger partial charge in [0.05, 0.1) is 0 Å². The molecule has 0 spiro atoms. The van der Waals surface area contributed by atoms with E-state index in [4.69, 9.17) is 24.4 Å². The first-order chi connectivity index (χ1) is 19.6. The van der Waals surface area contributed by atoms with E-state index in [1.54, 1.807) is 0 Å². The summed E-state index contributed by atoms with van der Waals surface area (Å²) in [6.45, 7) is 2.03. The number of halogens is 1. The van der Waals surface area contributed by atoms with E-state index in [2.05, 4.69) is 28.1 Å². The van der Waals surface area contributed by atoms with Crippen LogP contribution in [0.25, 0.3) is 45.3 Å². The number of rotatable bonds is 4. The van der Waals surface area contributed by atoms with Crippen LogP contribution in [0.4, 0.5) is 0 Å². The summed E-state index contributed by atoms with van der Waals surface area (Å²) in [6.07, 6.45) is 0. The molecule has 7 rings (SSSR count). The summed E-state index contributed by atoms with van der Waals surface area (Å²) in [7, 11) is 0. The molecule has 0 atom stereocenters. The summed E-state index contributed by atoms with van der Waals surface area (Å²) < 4.78 is 13.3. The second-order valence-corrected chi connectivity index (χ2v) is 10.4. The van der Waals surface area contributed by atoms with Crippen molar-refractivity contribution < 1.29 is 9.47 Å². The first-order valence-electron chi connectivity index (χ1n) is 12.9. The smallest absolute Gasteiger partial charge is 0.171 e. The molecule has 0 aliphatic carbocycles. The quantitative estimate of drug-likeness (QED) is 0.206. The van der Waals surface area contributed by atoms with Gasteiger partial charge in [-0.05, 0) is 47.9 Å². The fourth-order valence-corrected chi connectivity index (χ4v) is 4.96. The number of fused-ring (bicyclic) bond motifs is 2. The van der Waals surface area contributed by atoms with Crippen LogP contribution in [0.15, 0.2) is 120 Å². The molecule has 6 aromatic rings. The minimum absolute atomic E-state index is 0.625. The van der Waals surface area contributed by atoms with Crippen molar-refractivity contribution in [2.45, 2.75) is 6.92 Å². The number of benzene rings is 5. The number of nitrogens with zero attached hydrogens (tertiary/aromatic N) is 3. The normalized spacial score (nSPS) is 11.7. The topological polar surface area (TPSA) is 57.1 Å². The van der Waals surface area contributed by atoms with Gasteiger partial charge < -0.3 is 9.47 Å². The molecule has 0 saturated heterocycles. The third-order valence-corrected chi connectivity index (χ3v) is 7.64. The molecule has 0 radical (unpaired) electrons. The van der Waals surface area contributed by atoms with Crippen LogP contribution in [-0.2, 0) is 0 Å². The minimum atomic E-state index is 0.625. The van der Waals surface area contributed by atoms with Crippen molar-refractivity contribution in [2.75, 3.05) is 0 Å². The van der Waals surface area contributed by atoms with Gasteiger partial charge in [-0.3, -0.25) is 0 Å². The van der Waals surface area contributed by atoms with Crippen molar-refractivity contribution in [1.82, 2.24) is 15.0 Å². The lowest BCUT2D eigenvalue weighted by Crippen LogP contribution is -2.00. The van der Waals surface area contributed by atoms with E-state index < -0.39 is 0 Å². The van der Waals surface area contributed by atoms with Gasteiger partial charge in [-0.15, -0.1) is 0 Å². The maximum atomic E-state index is 6.21. The van der Waals surface area contributed by atoms with Gasteiger partial charge in [0.2, 0.25) is 0 Å². The van der Waals surface area contributed by atoms with E-state index in [9.17, 15) is 0 Å². The monoisotopic (exact) mass is 583 g/mol. The van der Waals surface area contributed by atoms with Crippen molar-refractivity contribution >= 4 is 15.9 Å². The predicted octanol–water partition coefficient (Wildman–Crippen LogP) is 9.51. The van der Waals surface area contributed by atoms with E-state index in [0.717, 1.165) is 37.9 Å². The second-order valence-electron chi connectivity index (χ2n) is 9.53. The van der Waals surface area contributed by atoms with Crippen molar-refractivity contribution in [3.8, 4) is 68.3 Å². The molecule has 0 fully saturated rings. The van der Waals surface area contributed by atoms with Gasteiger partial charge in [-0.2, -0.15) is 0 Å². The average molecular weight is 584 g/mol. The van der Waals surface area contributed by atoms with E-state index in [1.807, 2.05) is 110 Å². The molecule has 0 unspecified atom stereocenters. The summed E-state index contributed by atoms with van der Waals surface area (Å²) in [4.78, 5) is 14.4. The van der Waals surface area contributed by atoms with Crippen LogP contribution in [0.1, 0.15) is 5.56 Å². The van der Waals surface area contributed by atoms with Crippen molar-refractivity contribution in [3.05, 3.63) is 125 Å². The largest absolute Gasteiger partial charge is 0.449 e. The van der Waals surface area contributed by atoms with E-state index in [1.165, 1.54) is 0 Å². The Kier molecular flexibility index (Phi) is 6.10. The van der Waals surface area contributed by atoms with E-state index in [-0.39, 0.29) is 0 Å². The standard InChI is InChI=1S/C34H22BrN3O2/c1-21-18-29-31(20-27(21)35)39-28-17-16-26(19-30(28)40-29)22-12-14-25(15-13-22)34-37-32(23-8-4-2-5-9-23)36-33(38-34)24-10-6-3-7-11-24/h2-20H,1H3. The van der Waals surface area contributed by atoms with Crippen molar-refractivity contribution in [1.29, 1.82) is 0 Å². The zero-order valence-electron chi connectivity index (χ0n) is 21.5. The van der Waals surface area contributed by atoms with Gasteiger partial charge in [-0.1, -0.05) is 107 Å². The van der Waals surface area contributed by atoms with Crippen LogP contribution in [0.5, 0.6) is 23.0 Å². The Morgan fingerprint density at radius 3 is 1.50 bits per heavy atom. The number of hydrogen-bond donors (Lipinski definition) is 0. The highest BCUT2D eigenvalue weighted by molar-refractivity contribution is 9.10.